The van der Waals surface area contributed by atoms with Crippen LogP contribution in [0.5, 0.6) is 0 Å². The Morgan fingerprint density at radius 1 is 1.04 bits per heavy atom. The van der Waals surface area contributed by atoms with Crippen LogP contribution in [-0.4, -0.2) is 26.5 Å². The largest absolute Gasteiger partial charge is 0.385 e. The molecule has 0 aliphatic rings. The van der Waals surface area contributed by atoms with Gasteiger partial charge in [0.25, 0.3) is 0 Å². The van der Waals surface area contributed by atoms with Gasteiger partial charge in [-0.3, -0.25) is 4.79 Å². The van der Waals surface area contributed by atoms with Crippen molar-refractivity contribution in [2.75, 3.05) is 36.2 Å². The lowest BCUT2D eigenvalue weighted by molar-refractivity contribution is -0.115. The molecule has 4 heteroatoms. The Kier molecular flexibility index (Phi) is 5.63. The summed E-state index contributed by atoms with van der Waals surface area (Å²) in [6.07, 6.45) is 0.433. The van der Waals surface area contributed by atoms with Crippen molar-refractivity contribution in [1.29, 1.82) is 0 Å². The number of hydrogen-bond acceptors (Lipinski definition) is 3. The van der Waals surface area contributed by atoms with E-state index in [9.17, 15) is 4.79 Å². The van der Waals surface area contributed by atoms with Gasteiger partial charge in [-0.1, -0.05) is 17.7 Å². The van der Waals surface area contributed by atoms with Crippen LogP contribution in [0.15, 0.2) is 42.5 Å². The molecule has 2 aromatic rings. The molecule has 0 aliphatic carbocycles. The van der Waals surface area contributed by atoms with E-state index in [-0.39, 0.29) is 5.91 Å². The number of anilines is 3. The number of nitrogens with one attached hydrogen (secondary N) is 2. The molecule has 4 nitrogen and oxygen atoms in total. The number of benzene rings is 2. The Labute approximate surface area is 138 Å². The highest BCUT2D eigenvalue weighted by molar-refractivity contribution is 5.91. The topological polar surface area (TPSA) is 44.4 Å². The van der Waals surface area contributed by atoms with E-state index in [1.54, 1.807) is 0 Å². The molecule has 0 saturated heterocycles. The normalized spacial score (nSPS) is 10.3. The van der Waals surface area contributed by atoms with E-state index in [0.717, 1.165) is 22.6 Å². The number of nitrogens with zero attached hydrogens (tertiary/aromatic N) is 1. The van der Waals surface area contributed by atoms with Crippen molar-refractivity contribution in [3.8, 4) is 0 Å². The Balaban J connectivity index is 1.80. The summed E-state index contributed by atoms with van der Waals surface area (Å²) in [6.45, 7) is 4.66. The van der Waals surface area contributed by atoms with Crippen LogP contribution >= 0.6 is 0 Å². The first-order valence-electron chi connectivity index (χ1n) is 7.84. The molecule has 0 fully saturated rings. The maximum Gasteiger partial charge on any atom is 0.226 e. The minimum absolute atomic E-state index is 0.0226. The van der Waals surface area contributed by atoms with Gasteiger partial charge in [0.2, 0.25) is 5.91 Å². The second-order valence-electron chi connectivity index (χ2n) is 5.98. The molecule has 0 spiro atoms. The lowest BCUT2D eigenvalue weighted by Crippen LogP contribution is -2.17. The summed E-state index contributed by atoms with van der Waals surface area (Å²) in [7, 11) is 4.03. The maximum absolute atomic E-state index is 12.0. The molecule has 23 heavy (non-hydrogen) atoms. The zero-order chi connectivity index (χ0) is 16.8. The van der Waals surface area contributed by atoms with Crippen molar-refractivity contribution >= 4 is 23.0 Å². The second kappa shape index (κ2) is 7.68. The van der Waals surface area contributed by atoms with Crippen LogP contribution in [0.4, 0.5) is 17.1 Å². The Hall–Kier alpha value is -2.49. The van der Waals surface area contributed by atoms with Crippen molar-refractivity contribution < 1.29 is 4.79 Å². The molecule has 0 atom stereocenters. The molecule has 0 bridgehead atoms. The van der Waals surface area contributed by atoms with Crippen LogP contribution in [0.25, 0.3) is 0 Å². The van der Waals surface area contributed by atoms with E-state index in [1.807, 2.05) is 52.2 Å². The molecular formula is C19H25N3O. The van der Waals surface area contributed by atoms with Gasteiger partial charge in [-0.25, -0.2) is 0 Å². The number of aryl methyl sites for hydroxylation is 2. The predicted molar refractivity (Wildman–Crippen MR) is 98.4 cm³/mol. The Morgan fingerprint density at radius 2 is 1.74 bits per heavy atom. The van der Waals surface area contributed by atoms with Crippen molar-refractivity contribution in [2.45, 2.75) is 20.3 Å². The van der Waals surface area contributed by atoms with Gasteiger partial charge in [-0.05, 0) is 49.7 Å². The van der Waals surface area contributed by atoms with Gasteiger partial charge in [-0.2, -0.15) is 0 Å². The second-order valence-corrected chi connectivity index (χ2v) is 5.98. The van der Waals surface area contributed by atoms with Gasteiger partial charge < -0.3 is 15.5 Å². The van der Waals surface area contributed by atoms with Crippen molar-refractivity contribution in [1.82, 2.24) is 0 Å². The van der Waals surface area contributed by atoms with Crippen LogP contribution in [0.2, 0.25) is 0 Å². The maximum atomic E-state index is 12.0. The summed E-state index contributed by atoms with van der Waals surface area (Å²) < 4.78 is 0. The Bertz CT molecular complexity index is 663. The van der Waals surface area contributed by atoms with E-state index in [0.29, 0.717) is 13.0 Å². The predicted octanol–water partition coefficient (Wildman–Crippen LogP) is 3.81. The van der Waals surface area contributed by atoms with Gasteiger partial charge in [0.1, 0.15) is 0 Å². The first-order valence-corrected chi connectivity index (χ1v) is 7.84. The number of carbonyl (C=O) groups excluding carboxylic acids is 1. The summed E-state index contributed by atoms with van der Waals surface area (Å²) in [4.78, 5) is 14.1. The van der Waals surface area contributed by atoms with Crippen LogP contribution in [0, 0.1) is 13.8 Å². The van der Waals surface area contributed by atoms with Crippen LogP contribution in [0.3, 0.4) is 0 Å². The molecule has 1 amide bonds. The fourth-order valence-electron chi connectivity index (χ4n) is 2.36. The lowest BCUT2D eigenvalue weighted by Gasteiger charge is -2.13. The van der Waals surface area contributed by atoms with Gasteiger partial charge in [0.05, 0.1) is 0 Å². The molecular weight excluding hydrogens is 286 g/mol. The highest BCUT2D eigenvalue weighted by Crippen LogP contribution is 2.17. The smallest absolute Gasteiger partial charge is 0.226 e. The third kappa shape index (κ3) is 5.02. The van der Waals surface area contributed by atoms with Crippen molar-refractivity contribution in [3.05, 3.63) is 53.6 Å². The summed E-state index contributed by atoms with van der Waals surface area (Å²) >= 11 is 0. The number of carbonyl (C=O) groups is 1. The van der Waals surface area contributed by atoms with E-state index >= 15 is 0 Å². The summed E-state index contributed by atoms with van der Waals surface area (Å²) in [6, 6.07) is 14.2. The van der Waals surface area contributed by atoms with Crippen LogP contribution < -0.4 is 15.5 Å². The average molecular weight is 311 g/mol. The molecule has 0 radical (unpaired) electrons. The van der Waals surface area contributed by atoms with E-state index < -0.39 is 0 Å². The van der Waals surface area contributed by atoms with Crippen LogP contribution in [0.1, 0.15) is 17.5 Å². The van der Waals surface area contributed by atoms with E-state index in [1.165, 1.54) is 5.56 Å². The highest BCUT2D eigenvalue weighted by Gasteiger charge is 2.05. The fraction of sp³-hybridized carbons (Fsp3) is 0.316. The SMILES string of the molecule is Cc1ccc(NC(=O)CCNc2ccc(N(C)C)cc2)c(C)c1. The van der Waals surface area contributed by atoms with Crippen molar-refractivity contribution in [3.63, 3.8) is 0 Å². The lowest BCUT2D eigenvalue weighted by atomic mass is 10.1. The highest BCUT2D eigenvalue weighted by atomic mass is 16.1. The minimum Gasteiger partial charge on any atom is -0.385 e. The van der Waals surface area contributed by atoms with E-state index in [2.05, 4.69) is 33.7 Å². The first-order chi connectivity index (χ1) is 11.0. The zero-order valence-corrected chi connectivity index (χ0v) is 14.3. The van der Waals surface area contributed by atoms with Gasteiger partial charge in [0.15, 0.2) is 0 Å². The number of hydrogen-bond donors (Lipinski definition) is 2. The van der Waals surface area contributed by atoms with Gasteiger partial charge >= 0.3 is 0 Å². The molecule has 0 aliphatic heterocycles. The third-order valence-corrected chi connectivity index (χ3v) is 3.72. The van der Waals surface area contributed by atoms with E-state index in [4.69, 9.17) is 0 Å². The molecule has 0 heterocycles. The molecule has 2 aromatic carbocycles. The average Bonchev–Trinajstić information content (AvgIpc) is 2.50. The molecule has 122 valence electrons. The van der Waals surface area contributed by atoms with Crippen molar-refractivity contribution in [2.24, 2.45) is 0 Å². The molecule has 0 unspecified atom stereocenters. The summed E-state index contributed by atoms with van der Waals surface area (Å²) in [5, 5.41) is 6.23. The molecule has 0 saturated carbocycles. The van der Waals surface area contributed by atoms with Crippen LogP contribution in [-0.2, 0) is 4.79 Å². The van der Waals surface area contributed by atoms with Gasteiger partial charge in [0, 0.05) is 44.1 Å². The summed E-state index contributed by atoms with van der Waals surface area (Å²) in [5.74, 6) is 0.0226. The number of amides is 1. The monoisotopic (exact) mass is 311 g/mol. The molecule has 2 N–H and O–H groups in total. The molecule has 2 rings (SSSR count). The third-order valence-electron chi connectivity index (χ3n) is 3.72. The standard InChI is InChI=1S/C19H25N3O/c1-14-5-10-18(15(2)13-14)21-19(23)11-12-20-16-6-8-17(9-7-16)22(3)4/h5-10,13,20H,11-12H2,1-4H3,(H,21,23). The fourth-order valence-corrected chi connectivity index (χ4v) is 2.36. The first kappa shape index (κ1) is 16.9. The molecule has 0 aromatic heterocycles. The van der Waals surface area contributed by atoms with Gasteiger partial charge in [-0.15, -0.1) is 0 Å². The quantitative estimate of drug-likeness (QED) is 0.852. The summed E-state index contributed by atoms with van der Waals surface area (Å²) in [5.41, 5.74) is 5.35. The Morgan fingerprint density at radius 3 is 2.35 bits per heavy atom. The number of rotatable bonds is 6. The zero-order valence-electron chi connectivity index (χ0n) is 14.3. The minimum atomic E-state index is 0.0226.